The van der Waals surface area contributed by atoms with Crippen LogP contribution in [0.25, 0.3) is 11.0 Å². The first-order valence-corrected chi connectivity index (χ1v) is 10.9. The van der Waals surface area contributed by atoms with E-state index in [0.717, 1.165) is 17.7 Å². The number of benzene rings is 1. The number of anilines is 2. The van der Waals surface area contributed by atoms with Gasteiger partial charge in [0, 0.05) is 18.3 Å². The zero-order chi connectivity index (χ0) is 22.3. The summed E-state index contributed by atoms with van der Waals surface area (Å²) in [5.41, 5.74) is 9.96. The van der Waals surface area contributed by atoms with Crippen molar-refractivity contribution >= 4 is 39.5 Å². The molecule has 1 spiro atoms. The maximum absolute atomic E-state index is 13.7. The molecular formula is C23H21FN6OS. The molecule has 0 fully saturated rings. The number of pyridine rings is 1. The molecule has 0 bridgehead atoms. The molecule has 0 radical (unpaired) electrons. The van der Waals surface area contributed by atoms with Crippen LogP contribution in [-0.4, -0.2) is 38.1 Å². The number of nitrogens with zero attached hydrogens (tertiary/aromatic N) is 4. The van der Waals surface area contributed by atoms with Gasteiger partial charge in [0.05, 0.1) is 22.0 Å². The third-order valence-electron chi connectivity index (χ3n) is 5.72. The van der Waals surface area contributed by atoms with Crippen molar-refractivity contribution in [1.82, 2.24) is 15.0 Å². The first kappa shape index (κ1) is 20.5. The molecule has 32 heavy (non-hydrogen) atoms. The molecule has 1 aromatic carbocycles. The molecule has 3 aromatic rings. The van der Waals surface area contributed by atoms with Crippen molar-refractivity contribution in [2.45, 2.75) is 30.1 Å². The van der Waals surface area contributed by atoms with Crippen molar-refractivity contribution in [2.75, 3.05) is 18.6 Å². The molecule has 162 valence electrons. The summed E-state index contributed by atoms with van der Waals surface area (Å²) in [4.78, 5) is 18.0. The van der Waals surface area contributed by atoms with Gasteiger partial charge in [-0.3, -0.25) is 4.99 Å². The number of ether oxygens (including phenoxy) is 1. The second-order valence-corrected chi connectivity index (χ2v) is 9.85. The van der Waals surface area contributed by atoms with Gasteiger partial charge in [-0.15, -0.1) is 6.42 Å². The van der Waals surface area contributed by atoms with Crippen molar-refractivity contribution in [2.24, 2.45) is 10.7 Å². The van der Waals surface area contributed by atoms with Crippen LogP contribution in [0.15, 0.2) is 41.7 Å². The smallest absolute Gasteiger partial charge is 0.233 e. The first-order chi connectivity index (χ1) is 15.4. The van der Waals surface area contributed by atoms with E-state index < -0.39 is 17.0 Å². The number of hydrogen-bond donors (Lipinski definition) is 2. The van der Waals surface area contributed by atoms with Crippen LogP contribution in [0, 0.1) is 12.3 Å². The second-order valence-electron chi connectivity index (χ2n) is 8.25. The van der Waals surface area contributed by atoms with Gasteiger partial charge in [-0.25, -0.2) is 19.3 Å². The van der Waals surface area contributed by atoms with Crippen LogP contribution in [0.4, 0.5) is 15.9 Å². The molecule has 0 amide bonds. The average molecular weight is 449 g/mol. The third-order valence-corrected chi connectivity index (χ3v) is 6.77. The summed E-state index contributed by atoms with van der Waals surface area (Å²) in [5.74, 6) is 3.34. The molecule has 9 heteroatoms. The molecule has 0 unspecified atom stereocenters. The third kappa shape index (κ3) is 3.50. The summed E-state index contributed by atoms with van der Waals surface area (Å²) >= 11 is 1.32. The number of nitrogens with one attached hydrogen (secondary N) is 1. The van der Waals surface area contributed by atoms with Crippen molar-refractivity contribution in [3.63, 3.8) is 0 Å². The summed E-state index contributed by atoms with van der Waals surface area (Å²) in [5, 5.41) is 3.77. The zero-order valence-electron chi connectivity index (χ0n) is 17.4. The van der Waals surface area contributed by atoms with Crippen LogP contribution in [0.5, 0.6) is 5.88 Å². The SMILES string of the molecule is C#CCOc1cnc2c(Nc3ccc4c(c3)[C@]3(C4)C[C@](C)(CF)SC(N)=N3)nccc2n1. The fraction of sp³-hybridized carbons (Fsp3) is 0.304. The summed E-state index contributed by atoms with van der Waals surface area (Å²) in [7, 11) is 0. The highest BCUT2D eigenvalue weighted by atomic mass is 32.2. The summed E-state index contributed by atoms with van der Waals surface area (Å²) in [6.07, 6.45) is 9.78. The number of nitrogens with two attached hydrogens (primary N) is 1. The number of amidine groups is 1. The summed E-state index contributed by atoms with van der Waals surface area (Å²) in [6.45, 7) is 1.58. The Morgan fingerprint density at radius 3 is 3.03 bits per heavy atom. The Morgan fingerprint density at radius 1 is 1.34 bits per heavy atom. The number of thioether (sulfide) groups is 1. The lowest BCUT2D eigenvalue weighted by Crippen LogP contribution is -2.48. The standard InChI is InChI=1S/C23H21FN6OS/c1-3-8-31-18-11-27-19-17(29-18)6-7-26-20(19)28-15-5-4-14-10-23(16(14)9-15)12-22(2,13-24)32-21(25)30-23/h1,4-7,9,11H,8,10,12-13H2,2H3,(H2,25,30)(H,26,28)/t22-,23+/m1/s1. The van der Waals surface area contributed by atoms with Gasteiger partial charge in [-0.1, -0.05) is 23.7 Å². The number of halogens is 1. The fourth-order valence-corrected chi connectivity index (χ4v) is 5.49. The lowest BCUT2D eigenvalue weighted by molar-refractivity contribution is 0.280. The number of aliphatic imine (C=N–C) groups is 1. The minimum Gasteiger partial charge on any atom is -0.463 e. The Kier molecular flexibility index (Phi) is 4.90. The van der Waals surface area contributed by atoms with Crippen LogP contribution in [0.1, 0.15) is 24.5 Å². The van der Waals surface area contributed by atoms with E-state index in [0.29, 0.717) is 34.3 Å². The van der Waals surface area contributed by atoms with Crippen LogP contribution in [0.3, 0.4) is 0 Å². The topological polar surface area (TPSA) is 98.3 Å². The summed E-state index contributed by atoms with van der Waals surface area (Å²) < 4.78 is 18.5. The molecular weight excluding hydrogens is 427 g/mol. The zero-order valence-corrected chi connectivity index (χ0v) is 18.2. The first-order valence-electron chi connectivity index (χ1n) is 10.1. The van der Waals surface area contributed by atoms with Crippen molar-refractivity contribution in [3.8, 4) is 18.2 Å². The van der Waals surface area contributed by atoms with Crippen molar-refractivity contribution < 1.29 is 9.13 Å². The molecule has 0 saturated heterocycles. The number of fused-ring (bicyclic) bond motifs is 3. The lowest BCUT2D eigenvalue weighted by Gasteiger charge is -2.48. The molecule has 2 atom stereocenters. The molecule has 1 aliphatic carbocycles. The predicted molar refractivity (Wildman–Crippen MR) is 125 cm³/mol. The summed E-state index contributed by atoms with van der Waals surface area (Å²) in [6, 6.07) is 7.86. The maximum atomic E-state index is 13.7. The molecule has 3 N–H and O–H groups in total. The average Bonchev–Trinajstić information content (AvgIpc) is 2.77. The van der Waals surface area contributed by atoms with Gasteiger partial charge < -0.3 is 15.8 Å². The predicted octanol–water partition coefficient (Wildman–Crippen LogP) is 3.71. The highest BCUT2D eigenvalue weighted by Crippen LogP contribution is 2.54. The quantitative estimate of drug-likeness (QED) is 0.574. The fourth-order valence-electron chi connectivity index (χ4n) is 4.40. The van der Waals surface area contributed by atoms with E-state index >= 15 is 0 Å². The highest BCUT2D eigenvalue weighted by molar-refractivity contribution is 8.15. The Balaban J connectivity index is 1.46. The van der Waals surface area contributed by atoms with Crippen LogP contribution in [-0.2, 0) is 12.0 Å². The van der Waals surface area contributed by atoms with Gasteiger partial charge in [0.1, 0.15) is 12.2 Å². The van der Waals surface area contributed by atoms with Crippen molar-refractivity contribution in [1.29, 1.82) is 0 Å². The molecule has 3 heterocycles. The van der Waals surface area contributed by atoms with E-state index in [4.69, 9.17) is 21.9 Å². The van der Waals surface area contributed by atoms with E-state index in [2.05, 4.69) is 32.3 Å². The van der Waals surface area contributed by atoms with Gasteiger partial charge in [0.15, 0.2) is 17.6 Å². The van der Waals surface area contributed by atoms with E-state index in [1.54, 1.807) is 12.3 Å². The van der Waals surface area contributed by atoms with Crippen LogP contribution in [0.2, 0.25) is 0 Å². The minimum atomic E-state index is -0.571. The van der Waals surface area contributed by atoms with Gasteiger partial charge in [0.2, 0.25) is 5.88 Å². The van der Waals surface area contributed by atoms with Crippen LogP contribution < -0.4 is 15.8 Å². The normalized spacial score (nSPS) is 23.7. The largest absolute Gasteiger partial charge is 0.463 e. The molecule has 7 nitrogen and oxygen atoms in total. The van der Waals surface area contributed by atoms with Crippen molar-refractivity contribution in [3.05, 3.63) is 47.8 Å². The Morgan fingerprint density at radius 2 is 2.22 bits per heavy atom. The maximum Gasteiger partial charge on any atom is 0.233 e. The van der Waals surface area contributed by atoms with Gasteiger partial charge in [0.25, 0.3) is 0 Å². The van der Waals surface area contributed by atoms with Gasteiger partial charge in [-0.2, -0.15) is 0 Å². The van der Waals surface area contributed by atoms with E-state index in [1.807, 2.05) is 19.1 Å². The molecule has 2 aromatic heterocycles. The lowest BCUT2D eigenvalue weighted by atomic mass is 9.66. The van der Waals surface area contributed by atoms with E-state index in [1.165, 1.54) is 23.5 Å². The number of alkyl halides is 1. The van der Waals surface area contributed by atoms with Crippen LogP contribution >= 0.6 is 11.8 Å². The second kappa shape index (κ2) is 7.64. The molecule has 1 aliphatic heterocycles. The number of terminal acetylenes is 1. The molecule has 0 saturated carbocycles. The number of hydrogen-bond acceptors (Lipinski definition) is 8. The van der Waals surface area contributed by atoms with Gasteiger partial charge >= 0.3 is 0 Å². The Bertz CT molecular complexity index is 1290. The minimum absolute atomic E-state index is 0.125. The number of aromatic nitrogens is 3. The Hall–Kier alpha value is -3.38. The highest BCUT2D eigenvalue weighted by Gasteiger charge is 2.51. The van der Waals surface area contributed by atoms with Gasteiger partial charge in [-0.05, 0) is 42.7 Å². The molecule has 5 rings (SSSR count). The number of rotatable bonds is 5. The van der Waals surface area contributed by atoms with E-state index in [-0.39, 0.29) is 6.61 Å². The van der Waals surface area contributed by atoms with E-state index in [9.17, 15) is 4.39 Å². The Labute approximate surface area is 189 Å². The monoisotopic (exact) mass is 448 g/mol. The molecule has 2 aliphatic rings.